The molecular weight excluding hydrogens is 203 g/mol. The number of hydrogen-bond donors (Lipinski definition) is 2. The number of halogens is 1. The molecule has 0 amide bonds. The second-order valence-corrected chi connectivity index (χ2v) is 4.59. The van der Waals surface area contributed by atoms with Crippen molar-refractivity contribution in [1.29, 1.82) is 0 Å². The number of aryl methyl sites for hydroxylation is 1. The number of nitrogens with two attached hydrogens (primary N) is 1. The Labute approximate surface area is 96.0 Å². The van der Waals surface area contributed by atoms with E-state index in [1.807, 2.05) is 0 Å². The Morgan fingerprint density at radius 3 is 3.00 bits per heavy atom. The van der Waals surface area contributed by atoms with Crippen LogP contribution in [0.2, 0.25) is 0 Å². The molecule has 1 aliphatic heterocycles. The molecule has 0 bridgehead atoms. The Bertz CT molecular complexity index is 346. The molecule has 0 spiro atoms. The van der Waals surface area contributed by atoms with Gasteiger partial charge >= 0.3 is 0 Å². The van der Waals surface area contributed by atoms with E-state index in [0.29, 0.717) is 5.69 Å². The number of hydrogen-bond acceptors (Lipinski definition) is 2. The van der Waals surface area contributed by atoms with Crippen molar-refractivity contribution in [2.75, 3.05) is 18.8 Å². The van der Waals surface area contributed by atoms with Crippen molar-refractivity contribution in [1.82, 2.24) is 5.32 Å². The molecule has 2 rings (SSSR count). The first-order valence-electron chi connectivity index (χ1n) is 6.00. The highest BCUT2D eigenvalue weighted by Gasteiger charge is 2.13. The SMILES string of the molecule is Nc1cc(F)ccc1CCC1CCCNC1. The van der Waals surface area contributed by atoms with Gasteiger partial charge in [-0.2, -0.15) is 0 Å². The van der Waals surface area contributed by atoms with E-state index in [1.54, 1.807) is 6.07 Å². The number of benzene rings is 1. The van der Waals surface area contributed by atoms with E-state index in [4.69, 9.17) is 5.73 Å². The van der Waals surface area contributed by atoms with Gasteiger partial charge in [0.15, 0.2) is 0 Å². The third kappa shape index (κ3) is 2.95. The Kier molecular flexibility index (Phi) is 3.78. The van der Waals surface area contributed by atoms with E-state index in [2.05, 4.69) is 5.32 Å². The highest BCUT2D eigenvalue weighted by Crippen LogP contribution is 2.20. The van der Waals surface area contributed by atoms with Crippen molar-refractivity contribution in [3.05, 3.63) is 29.6 Å². The lowest BCUT2D eigenvalue weighted by atomic mass is 9.92. The second-order valence-electron chi connectivity index (χ2n) is 4.59. The zero-order valence-electron chi connectivity index (χ0n) is 9.51. The van der Waals surface area contributed by atoms with Gasteiger partial charge in [0.05, 0.1) is 0 Å². The summed E-state index contributed by atoms with van der Waals surface area (Å²) < 4.78 is 12.9. The Balaban J connectivity index is 1.88. The minimum Gasteiger partial charge on any atom is -0.398 e. The smallest absolute Gasteiger partial charge is 0.125 e. The summed E-state index contributed by atoms with van der Waals surface area (Å²) in [5.41, 5.74) is 7.44. The van der Waals surface area contributed by atoms with Crippen LogP contribution in [-0.2, 0) is 6.42 Å². The predicted octanol–water partition coefficient (Wildman–Crippen LogP) is 2.34. The normalized spacial score (nSPS) is 20.9. The molecule has 1 aromatic rings. The summed E-state index contributed by atoms with van der Waals surface area (Å²) in [7, 11) is 0. The van der Waals surface area contributed by atoms with E-state index in [0.717, 1.165) is 37.4 Å². The lowest BCUT2D eigenvalue weighted by Gasteiger charge is -2.22. The van der Waals surface area contributed by atoms with Crippen LogP contribution in [0.1, 0.15) is 24.8 Å². The van der Waals surface area contributed by atoms with Crippen LogP contribution in [0.5, 0.6) is 0 Å². The van der Waals surface area contributed by atoms with Gasteiger partial charge < -0.3 is 11.1 Å². The van der Waals surface area contributed by atoms with Gasteiger partial charge in [-0.3, -0.25) is 0 Å². The Hall–Kier alpha value is -1.09. The molecular formula is C13H19FN2. The molecule has 1 unspecified atom stereocenters. The maximum atomic E-state index is 12.9. The number of anilines is 1. The summed E-state index contributed by atoms with van der Waals surface area (Å²) in [6.07, 6.45) is 4.67. The van der Waals surface area contributed by atoms with Crippen LogP contribution in [0.4, 0.5) is 10.1 Å². The first kappa shape index (κ1) is 11.4. The maximum Gasteiger partial charge on any atom is 0.125 e. The van der Waals surface area contributed by atoms with E-state index in [9.17, 15) is 4.39 Å². The van der Waals surface area contributed by atoms with E-state index >= 15 is 0 Å². The average molecular weight is 222 g/mol. The molecule has 3 heteroatoms. The molecule has 1 atom stereocenters. The summed E-state index contributed by atoms with van der Waals surface area (Å²) in [6.45, 7) is 2.26. The summed E-state index contributed by atoms with van der Waals surface area (Å²) in [5, 5.41) is 3.40. The van der Waals surface area contributed by atoms with Gasteiger partial charge in [-0.25, -0.2) is 4.39 Å². The lowest BCUT2D eigenvalue weighted by Crippen LogP contribution is -2.29. The lowest BCUT2D eigenvalue weighted by molar-refractivity contribution is 0.358. The van der Waals surface area contributed by atoms with Crippen molar-refractivity contribution in [3.8, 4) is 0 Å². The largest absolute Gasteiger partial charge is 0.398 e. The monoisotopic (exact) mass is 222 g/mol. The maximum absolute atomic E-state index is 12.9. The molecule has 0 saturated carbocycles. The van der Waals surface area contributed by atoms with Gasteiger partial charge in [-0.15, -0.1) is 0 Å². The fourth-order valence-corrected chi connectivity index (χ4v) is 2.32. The van der Waals surface area contributed by atoms with Crippen LogP contribution < -0.4 is 11.1 Å². The van der Waals surface area contributed by atoms with Crippen LogP contribution in [0.3, 0.4) is 0 Å². The Morgan fingerprint density at radius 2 is 2.31 bits per heavy atom. The molecule has 2 nitrogen and oxygen atoms in total. The van der Waals surface area contributed by atoms with Crippen LogP contribution in [0.15, 0.2) is 18.2 Å². The number of nitrogens with one attached hydrogen (secondary N) is 1. The first-order chi connectivity index (χ1) is 7.75. The number of nitrogen functional groups attached to an aromatic ring is 1. The molecule has 1 saturated heterocycles. The zero-order valence-corrected chi connectivity index (χ0v) is 9.51. The number of piperidine rings is 1. The third-order valence-corrected chi connectivity index (χ3v) is 3.33. The van der Waals surface area contributed by atoms with Crippen LogP contribution >= 0.6 is 0 Å². The molecule has 0 aromatic heterocycles. The highest BCUT2D eigenvalue weighted by atomic mass is 19.1. The summed E-state index contributed by atoms with van der Waals surface area (Å²) >= 11 is 0. The molecule has 0 radical (unpaired) electrons. The van der Waals surface area contributed by atoms with Gasteiger partial charge in [0.25, 0.3) is 0 Å². The van der Waals surface area contributed by atoms with Crippen molar-refractivity contribution in [3.63, 3.8) is 0 Å². The fourth-order valence-electron chi connectivity index (χ4n) is 2.32. The van der Waals surface area contributed by atoms with Gasteiger partial charge in [-0.1, -0.05) is 6.07 Å². The molecule has 0 aliphatic carbocycles. The van der Waals surface area contributed by atoms with Crippen LogP contribution in [0, 0.1) is 11.7 Å². The van der Waals surface area contributed by atoms with Crippen molar-refractivity contribution in [2.24, 2.45) is 5.92 Å². The third-order valence-electron chi connectivity index (χ3n) is 3.33. The van der Waals surface area contributed by atoms with Crippen LogP contribution in [0.25, 0.3) is 0 Å². The Morgan fingerprint density at radius 1 is 1.44 bits per heavy atom. The first-order valence-corrected chi connectivity index (χ1v) is 6.00. The predicted molar refractivity (Wildman–Crippen MR) is 64.7 cm³/mol. The van der Waals surface area contributed by atoms with Gasteiger partial charge in [0.2, 0.25) is 0 Å². The van der Waals surface area contributed by atoms with Gasteiger partial charge in [0.1, 0.15) is 5.82 Å². The topological polar surface area (TPSA) is 38.0 Å². The molecule has 1 aliphatic rings. The molecule has 16 heavy (non-hydrogen) atoms. The minimum absolute atomic E-state index is 0.249. The molecule has 1 aromatic carbocycles. The molecule has 1 fully saturated rings. The van der Waals surface area contributed by atoms with Gasteiger partial charge in [0, 0.05) is 5.69 Å². The summed E-state index contributed by atoms with van der Waals surface area (Å²) in [5.74, 6) is 0.499. The summed E-state index contributed by atoms with van der Waals surface area (Å²) in [4.78, 5) is 0. The quantitative estimate of drug-likeness (QED) is 0.770. The van der Waals surface area contributed by atoms with Crippen LogP contribution in [-0.4, -0.2) is 13.1 Å². The standard InChI is InChI=1S/C13H19FN2/c14-12-6-5-11(13(15)8-12)4-3-10-2-1-7-16-9-10/h5-6,8,10,16H,1-4,7,9,15H2. The van der Waals surface area contributed by atoms with Gasteiger partial charge in [-0.05, 0) is 62.4 Å². The van der Waals surface area contributed by atoms with E-state index < -0.39 is 0 Å². The molecule has 3 N–H and O–H groups in total. The highest BCUT2D eigenvalue weighted by molar-refractivity contribution is 5.46. The molecule has 88 valence electrons. The molecule has 1 heterocycles. The zero-order chi connectivity index (χ0) is 11.4. The van der Waals surface area contributed by atoms with Crippen molar-refractivity contribution >= 4 is 5.69 Å². The van der Waals surface area contributed by atoms with E-state index in [-0.39, 0.29) is 5.82 Å². The second kappa shape index (κ2) is 5.30. The van der Waals surface area contributed by atoms with Crippen molar-refractivity contribution < 1.29 is 4.39 Å². The van der Waals surface area contributed by atoms with Crippen molar-refractivity contribution in [2.45, 2.75) is 25.7 Å². The average Bonchev–Trinajstić information content (AvgIpc) is 2.29. The minimum atomic E-state index is -0.249. The number of rotatable bonds is 3. The fraction of sp³-hybridized carbons (Fsp3) is 0.538. The van der Waals surface area contributed by atoms with E-state index in [1.165, 1.54) is 25.0 Å². The summed E-state index contributed by atoms with van der Waals surface area (Å²) in [6, 6.07) is 4.71.